The molecule has 6 nitrogen and oxygen atoms in total. The van der Waals surface area contributed by atoms with Gasteiger partial charge in [-0.2, -0.15) is 4.98 Å². The lowest BCUT2D eigenvalue weighted by Gasteiger charge is -2.36. The number of aromatic amines is 1. The third kappa shape index (κ3) is 1.34. The average Bonchev–Trinajstić information content (AvgIpc) is 2.45. The van der Waals surface area contributed by atoms with Gasteiger partial charge in [-0.3, -0.25) is 9.89 Å². The third-order valence-electron chi connectivity index (χ3n) is 2.06. The number of nitrogens with zero attached hydrogens (tertiary/aromatic N) is 3. The number of nitrogen functional groups attached to an aromatic ring is 1. The van der Waals surface area contributed by atoms with Gasteiger partial charge in [0.1, 0.15) is 0 Å². The van der Waals surface area contributed by atoms with Gasteiger partial charge in [0.2, 0.25) is 11.8 Å². The molecule has 70 valence electrons. The quantitative estimate of drug-likeness (QED) is 0.610. The Labute approximate surface area is 75.1 Å². The van der Waals surface area contributed by atoms with E-state index >= 15 is 0 Å². The Morgan fingerprint density at radius 1 is 1.69 bits per heavy atom. The van der Waals surface area contributed by atoms with E-state index in [0.29, 0.717) is 5.92 Å². The molecule has 0 atom stereocenters. The van der Waals surface area contributed by atoms with Crippen molar-refractivity contribution >= 4 is 11.9 Å². The zero-order chi connectivity index (χ0) is 9.42. The van der Waals surface area contributed by atoms with Gasteiger partial charge in [0.05, 0.1) is 0 Å². The Morgan fingerprint density at radius 2 is 2.38 bits per heavy atom. The van der Waals surface area contributed by atoms with Crippen molar-refractivity contribution in [1.29, 1.82) is 0 Å². The highest BCUT2D eigenvalue weighted by Gasteiger charge is 2.29. The molecule has 3 N–H and O–H groups in total. The molecule has 1 fully saturated rings. The predicted molar refractivity (Wildman–Crippen MR) is 45.9 cm³/mol. The van der Waals surface area contributed by atoms with E-state index in [0.717, 1.165) is 13.1 Å². The highest BCUT2D eigenvalue weighted by Crippen LogP contribution is 2.16. The molecule has 1 amide bonds. The van der Waals surface area contributed by atoms with Crippen LogP contribution in [0.25, 0.3) is 0 Å². The molecule has 0 bridgehead atoms. The van der Waals surface area contributed by atoms with E-state index in [1.807, 2.05) is 0 Å². The zero-order valence-electron chi connectivity index (χ0n) is 7.32. The molecule has 0 spiro atoms. The summed E-state index contributed by atoms with van der Waals surface area (Å²) in [6.45, 7) is 3.68. The first-order chi connectivity index (χ1) is 6.16. The van der Waals surface area contributed by atoms with Gasteiger partial charge in [-0.15, -0.1) is 5.10 Å². The summed E-state index contributed by atoms with van der Waals surface area (Å²) in [4.78, 5) is 17.0. The highest BCUT2D eigenvalue weighted by atomic mass is 16.2. The van der Waals surface area contributed by atoms with Crippen LogP contribution in [-0.2, 0) is 0 Å². The van der Waals surface area contributed by atoms with Crippen molar-refractivity contribution in [2.45, 2.75) is 6.92 Å². The molecule has 1 aliphatic rings. The molecule has 2 rings (SSSR count). The average molecular weight is 181 g/mol. The Kier molecular flexibility index (Phi) is 1.68. The first-order valence-electron chi connectivity index (χ1n) is 4.14. The van der Waals surface area contributed by atoms with Crippen LogP contribution in [-0.4, -0.2) is 39.1 Å². The molecule has 0 radical (unpaired) electrons. The molecule has 0 aromatic carbocycles. The monoisotopic (exact) mass is 181 g/mol. The van der Waals surface area contributed by atoms with Crippen molar-refractivity contribution in [3.63, 3.8) is 0 Å². The summed E-state index contributed by atoms with van der Waals surface area (Å²) in [6.07, 6.45) is 0. The fourth-order valence-electron chi connectivity index (χ4n) is 1.38. The number of H-pyrrole nitrogens is 1. The van der Waals surface area contributed by atoms with Crippen LogP contribution < -0.4 is 5.73 Å². The highest BCUT2D eigenvalue weighted by molar-refractivity contribution is 5.91. The number of amides is 1. The SMILES string of the molecule is CC1CN(C(=O)c2nc(N)n[nH]2)C1. The van der Waals surface area contributed by atoms with E-state index in [-0.39, 0.29) is 17.7 Å². The zero-order valence-corrected chi connectivity index (χ0v) is 7.32. The number of nitrogens with two attached hydrogens (primary N) is 1. The van der Waals surface area contributed by atoms with Gasteiger partial charge in [0.15, 0.2) is 0 Å². The van der Waals surface area contributed by atoms with Crippen molar-refractivity contribution in [3.8, 4) is 0 Å². The molecular weight excluding hydrogens is 170 g/mol. The first kappa shape index (κ1) is 8.03. The number of aromatic nitrogens is 3. The summed E-state index contributed by atoms with van der Waals surface area (Å²) in [7, 11) is 0. The van der Waals surface area contributed by atoms with Crippen LogP contribution in [0.2, 0.25) is 0 Å². The number of rotatable bonds is 1. The minimum absolute atomic E-state index is 0.108. The van der Waals surface area contributed by atoms with Crippen LogP contribution in [0, 0.1) is 5.92 Å². The van der Waals surface area contributed by atoms with Gasteiger partial charge in [-0.25, -0.2) is 0 Å². The topological polar surface area (TPSA) is 87.9 Å². The standard InChI is InChI=1S/C7H11N5O/c1-4-2-12(3-4)6(13)5-9-7(8)11-10-5/h4H,2-3H2,1H3,(H3,8,9,10,11). The maximum atomic E-state index is 11.5. The Balaban J connectivity index is 2.06. The van der Waals surface area contributed by atoms with Gasteiger partial charge in [0.25, 0.3) is 5.91 Å². The number of carbonyl (C=O) groups excluding carboxylic acids is 1. The Bertz CT molecular complexity index is 327. The smallest absolute Gasteiger partial charge is 0.291 e. The van der Waals surface area contributed by atoms with E-state index in [2.05, 4.69) is 22.1 Å². The fraction of sp³-hybridized carbons (Fsp3) is 0.571. The van der Waals surface area contributed by atoms with Gasteiger partial charge < -0.3 is 10.6 Å². The van der Waals surface area contributed by atoms with Crippen LogP contribution >= 0.6 is 0 Å². The Hall–Kier alpha value is -1.59. The molecule has 1 aliphatic heterocycles. The minimum Gasteiger partial charge on any atom is -0.366 e. The lowest BCUT2D eigenvalue weighted by atomic mass is 10.0. The van der Waals surface area contributed by atoms with Crippen LogP contribution in [0.4, 0.5) is 5.95 Å². The van der Waals surface area contributed by atoms with Gasteiger partial charge >= 0.3 is 0 Å². The summed E-state index contributed by atoms with van der Waals surface area (Å²) >= 11 is 0. The van der Waals surface area contributed by atoms with Crippen molar-refractivity contribution in [3.05, 3.63) is 5.82 Å². The van der Waals surface area contributed by atoms with Crippen molar-refractivity contribution in [2.75, 3.05) is 18.8 Å². The summed E-state index contributed by atoms with van der Waals surface area (Å²) in [5, 5.41) is 6.08. The summed E-state index contributed by atoms with van der Waals surface area (Å²) in [6, 6.07) is 0. The second-order valence-electron chi connectivity index (χ2n) is 3.36. The second-order valence-corrected chi connectivity index (χ2v) is 3.36. The van der Waals surface area contributed by atoms with E-state index < -0.39 is 0 Å². The molecule has 1 aromatic rings. The molecule has 0 unspecified atom stereocenters. The van der Waals surface area contributed by atoms with Crippen LogP contribution in [0.5, 0.6) is 0 Å². The second kappa shape index (κ2) is 2.72. The number of hydrogen-bond acceptors (Lipinski definition) is 4. The van der Waals surface area contributed by atoms with E-state index in [1.54, 1.807) is 4.90 Å². The lowest BCUT2D eigenvalue weighted by molar-refractivity contribution is 0.0518. The summed E-state index contributed by atoms with van der Waals surface area (Å²) < 4.78 is 0. The van der Waals surface area contributed by atoms with E-state index in [1.165, 1.54) is 0 Å². The predicted octanol–water partition coefficient (Wildman–Crippen LogP) is -0.521. The third-order valence-corrected chi connectivity index (χ3v) is 2.06. The lowest BCUT2D eigenvalue weighted by Crippen LogP contribution is -2.48. The Morgan fingerprint density at radius 3 is 2.85 bits per heavy atom. The van der Waals surface area contributed by atoms with Crippen LogP contribution in [0.3, 0.4) is 0 Å². The molecule has 2 heterocycles. The summed E-state index contributed by atoms with van der Waals surface area (Å²) in [5.74, 6) is 0.799. The number of nitrogens with one attached hydrogen (secondary N) is 1. The molecular formula is C7H11N5O. The van der Waals surface area contributed by atoms with Crippen LogP contribution in [0.15, 0.2) is 0 Å². The summed E-state index contributed by atoms with van der Waals surface area (Å²) in [5.41, 5.74) is 5.28. The molecule has 1 saturated heterocycles. The van der Waals surface area contributed by atoms with Crippen molar-refractivity contribution in [2.24, 2.45) is 5.92 Å². The normalized spacial score (nSPS) is 17.2. The van der Waals surface area contributed by atoms with Crippen molar-refractivity contribution < 1.29 is 4.79 Å². The van der Waals surface area contributed by atoms with Gasteiger partial charge in [0, 0.05) is 13.1 Å². The maximum Gasteiger partial charge on any atom is 0.291 e. The largest absolute Gasteiger partial charge is 0.366 e. The first-order valence-corrected chi connectivity index (χ1v) is 4.14. The minimum atomic E-state index is -0.123. The van der Waals surface area contributed by atoms with E-state index in [4.69, 9.17) is 5.73 Å². The number of carbonyl (C=O) groups is 1. The number of anilines is 1. The van der Waals surface area contributed by atoms with Crippen molar-refractivity contribution in [1.82, 2.24) is 20.1 Å². The molecule has 6 heteroatoms. The molecule has 13 heavy (non-hydrogen) atoms. The molecule has 0 aliphatic carbocycles. The molecule has 1 aromatic heterocycles. The fourth-order valence-corrected chi connectivity index (χ4v) is 1.38. The molecule has 0 saturated carbocycles. The number of likely N-dealkylation sites (tertiary alicyclic amines) is 1. The van der Waals surface area contributed by atoms with Crippen LogP contribution in [0.1, 0.15) is 17.5 Å². The van der Waals surface area contributed by atoms with E-state index in [9.17, 15) is 4.79 Å². The maximum absolute atomic E-state index is 11.5. The number of hydrogen-bond donors (Lipinski definition) is 2. The van der Waals surface area contributed by atoms with Gasteiger partial charge in [-0.1, -0.05) is 6.92 Å². The van der Waals surface area contributed by atoms with Gasteiger partial charge in [-0.05, 0) is 5.92 Å².